The number of methoxy groups -OCH3 is 1. The van der Waals surface area contributed by atoms with Crippen molar-refractivity contribution in [2.45, 2.75) is 45.8 Å². The van der Waals surface area contributed by atoms with Gasteiger partial charge in [0.25, 0.3) is 0 Å². The third-order valence-electron chi connectivity index (χ3n) is 3.21. The molecule has 7 nitrogen and oxygen atoms in total. The summed E-state index contributed by atoms with van der Waals surface area (Å²) >= 11 is 1.42. The molecule has 0 fully saturated rings. The first kappa shape index (κ1) is 15.0. The van der Waals surface area contributed by atoms with E-state index < -0.39 is 0 Å². The van der Waals surface area contributed by atoms with Gasteiger partial charge >= 0.3 is 0 Å². The summed E-state index contributed by atoms with van der Waals surface area (Å²) in [7, 11) is 1.62. The largest absolute Gasteiger partial charge is 0.390 e. The SMILES string of the molecule is CCC(CC)c1c(CO)nnn1-c1nnc(COC)s1. The Labute approximate surface area is 121 Å². The highest BCUT2D eigenvalue weighted by molar-refractivity contribution is 7.13. The van der Waals surface area contributed by atoms with Crippen molar-refractivity contribution in [1.82, 2.24) is 25.2 Å². The lowest BCUT2D eigenvalue weighted by Gasteiger charge is -2.13. The number of hydrogen-bond donors (Lipinski definition) is 1. The fourth-order valence-corrected chi connectivity index (χ4v) is 2.94. The molecule has 0 aliphatic rings. The van der Waals surface area contributed by atoms with Gasteiger partial charge < -0.3 is 9.84 Å². The van der Waals surface area contributed by atoms with Crippen LogP contribution in [-0.2, 0) is 18.0 Å². The van der Waals surface area contributed by atoms with E-state index in [0.29, 0.717) is 23.4 Å². The molecular formula is C12H19N5O2S. The first-order valence-corrected chi connectivity index (χ1v) is 7.43. The number of aliphatic hydroxyl groups is 1. The number of aliphatic hydroxyl groups excluding tert-OH is 1. The average Bonchev–Trinajstić information content (AvgIpc) is 3.07. The van der Waals surface area contributed by atoms with Crippen molar-refractivity contribution < 1.29 is 9.84 Å². The molecule has 0 bridgehead atoms. The van der Waals surface area contributed by atoms with Crippen molar-refractivity contribution >= 4 is 11.3 Å². The molecule has 0 aliphatic carbocycles. The van der Waals surface area contributed by atoms with E-state index in [0.717, 1.165) is 23.5 Å². The predicted octanol–water partition coefficient (Wildman–Crippen LogP) is 1.66. The third kappa shape index (κ3) is 2.87. The Kier molecular flexibility index (Phi) is 5.16. The fourth-order valence-electron chi connectivity index (χ4n) is 2.17. The lowest BCUT2D eigenvalue weighted by molar-refractivity contribution is 0.184. The zero-order chi connectivity index (χ0) is 14.5. The summed E-state index contributed by atoms with van der Waals surface area (Å²) in [6, 6.07) is 0. The summed E-state index contributed by atoms with van der Waals surface area (Å²) in [5, 5.41) is 27.3. The minimum Gasteiger partial charge on any atom is -0.390 e. The number of rotatable bonds is 7. The van der Waals surface area contributed by atoms with Crippen LogP contribution in [0.5, 0.6) is 0 Å². The monoisotopic (exact) mass is 297 g/mol. The molecule has 0 aliphatic heterocycles. The standard InChI is InChI=1S/C12H19N5O2S/c1-4-8(5-2)11-9(6-18)13-16-17(11)12-15-14-10(20-12)7-19-3/h8,18H,4-7H2,1-3H3. The van der Waals surface area contributed by atoms with Crippen LogP contribution in [0.15, 0.2) is 0 Å². The van der Waals surface area contributed by atoms with Crippen LogP contribution in [0.1, 0.15) is 49.0 Å². The van der Waals surface area contributed by atoms with Gasteiger partial charge in [0.2, 0.25) is 5.13 Å². The predicted molar refractivity (Wildman–Crippen MR) is 74.8 cm³/mol. The lowest BCUT2D eigenvalue weighted by atomic mass is 9.98. The maximum atomic E-state index is 9.44. The van der Waals surface area contributed by atoms with Crippen LogP contribution >= 0.6 is 11.3 Å². The fraction of sp³-hybridized carbons (Fsp3) is 0.667. The van der Waals surface area contributed by atoms with E-state index in [4.69, 9.17) is 4.74 Å². The van der Waals surface area contributed by atoms with Crippen molar-refractivity contribution in [2.24, 2.45) is 0 Å². The summed E-state index contributed by atoms with van der Waals surface area (Å²) in [6.45, 7) is 4.54. The van der Waals surface area contributed by atoms with E-state index in [9.17, 15) is 5.11 Å². The maximum absolute atomic E-state index is 9.44. The molecule has 0 saturated heterocycles. The summed E-state index contributed by atoms with van der Waals surface area (Å²) in [6.07, 6.45) is 1.92. The third-order valence-corrected chi connectivity index (χ3v) is 4.08. The van der Waals surface area contributed by atoms with E-state index in [2.05, 4.69) is 34.4 Å². The molecule has 110 valence electrons. The second-order valence-electron chi connectivity index (χ2n) is 4.42. The summed E-state index contributed by atoms with van der Waals surface area (Å²) in [5.41, 5.74) is 1.54. The molecule has 0 aromatic carbocycles. The maximum Gasteiger partial charge on any atom is 0.234 e. The Balaban J connectivity index is 2.42. The quantitative estimate of drug-likeness (QED) is 0.836. The Morgan fingerprint density at radius 3 is 2.60 bits per heavy atom. The van der Waals surface area contributed by atoms with Gasteiger partial charge in [-0.2, -0.15) is 4.68 Å². The van der Waals surface area contributed by atoms with Crippen molar-refractivity contribution in [3.63, 3.8) is 0 Å². The summed E-state index contributed by atoms with van der Waals surface area (Å²) < 4.78 is 6.74. The van der Waals surface area contributed by atoms with Gasteiger partial charge in [0.15, 0.2) is 0 Å². The highest BCUT2D eigenvalue weighted by atomic mass is 32.1. The van der Waals surface area contributed by atoms with Gasteiger partial charge in [-0.05, 0) is 12.8 Å². The molecule has 8 heteroatoms. The second-order valence-corrected chi connectivity index (χ2v) is 5.46. The van der Waals surface area contributed by atoms with Crippen molar-refractivity contribution in [3.8, 4) is 5.13 Å². The van der Waals surface area contributed by atoms with Crippen LogP contribution in [0.25, 0.3) is 5.13 Å². The zero-order valence-electron chi connectivity index (χ0n) is 11.9. The number of nitrogens with zero attached hydrogens (tertiary/aromatic N) is 5. The van der Waals surface area contributed by atoms with E-state index in [1.165, 1.54) is 11.3 Å². The summed E-state index contributed by atoms with van der Waals surface area (Å²) in [4.78, 5) is 0. The molecule has 0 atom stereocenters. The second kappa shape index (κ2) is 6.87. The van der Waals surface area contributed by atoms with Crippen LogP contribution in [0, 0.1) is 0 Å². The molecule has 0 radical (unpaired) electrons. The molecule has 2 aromatic heterocycles. The van der Waals surface area contributed by atoms with Crippen LogP contribution < -0.4 is 0 Å². The first-order chi connectivity index (χ1) is 9.74. The molecule has 0 spiro atoms. The van der Waals surface area contributed by atoms with Gasteiger partial charge in [-0.3, -0.25) is 0 Å². The van der Waals surface area contributed by atoms with E-state index in [1.54, 1.807) is 11.8 Å². The van der Waals surface area contributed by atoms with Crippen LogP contribution in [0.2, 0.25) is 0 Å². The molecule has 20 heavy (non-hydrogen) atoms. The lowest BCUT2D eigenvalue weighted by Crippen LogP contribution is -2.08. The molecule has 1 N–H and O–H groups in total. The molecule has 0 unspecified atom stereocenters. The van der Waals surface area contributed by atoms with E-state index in [1.807, 2.05) is 0 Å². The normalized spacial score (nSPS) is 11.4. The van der Waals surface area contributed by atoms with Crippen LogP contribution in [-0.4, -0.2) is 37.4 Å². The van der Waals surface area contributed by atoms with Crippen LogP contribution in [0.3, 0.4) is 0 Å². The van der Waals surface area contributed by atoms with Crippen LogP contribution in [0.4, 0.5) is 0 Å². The van der Waals surface area contributed by atoms with Crippen molar-refractivity contribution in [3.05, 3.63) is 16.4 Å². The summed E-state index contributed by atoms with van der Waals surface area (Å²) in [5.74, 6) is 0.293. The average molecular weight is 297 g/mol. The van der Waals surface area contributed by atoms with Crippen molar-refractivity contribution in [2.75, 3.05) is 7.11 Å². The van der Waals surface area contributed by atoms with Gasteiger partial charge in [-0.25, -0.2) is 0 Å². The molecule has 2 aromatic rings. The molecule has 0 amide bonds. The number of aromatic nitrogens is 5. The minimum absolute atomic E-state index is 0.116. The van der Waals surface area contributed by atoms with Gasteiger partial charge in [-0.1, -0.05) is 30.4 Å². The Morgan fingerprint density at radius 1 is 1.25 bits per heavy atom. The molecule has 0 saturated carbocycles. The molecule has 2 heterocycles. The Morgan fingerprint density at radius 2 is 2.00 bits per heavy atom. The first-order valence-electron chi connectivity index (χ1n) is 6.62. The number of ether oxygens (including phenoxy) is 1. The Hall–Kier alpha value is -1.38. The highest BCUT2D eigenvalue weighted by Gasteiger charge is 2.22. The van der Waals surface area contributed by atoms with Crippen molar-refractivity contribution in [1.29, 1.82) is 0 Å². The van der Waals surface area contributed by atoms with E-state index in [-0.39, 0.29) is 6.61 Å². The smallest absolute Gasteiger partial charge is 0.234 e. The van der Waals surface area contributed by atoms with Gasteiger partial charge in [0, 0.05) is 13.0 Å². The minimum atomic E-state index is -0.116. The van der Waals surface area contributed by atoms with E-state index >= 15 is 0 Å². The molecule has 2 rings (SSSR count). The van der Waals surface area contributed by atoms with Gasteiger partial charge in [-0.15, -0.1) is 15.3 Å². The Bertz CT molecular complexity index is 550. The highest BCUT2D eigenvalue weighted by Crippen LogP contribution is 2.28. The number of hydrogen-bond acceptors (Lipinski definition) is 7. The topological polar surface area (TPSA) is 86.0 Å². The molecular weight excluding hydrogens is 278 g/mol. The van der Waals surface area contributed by atoms with Gasteiger partial charge in [0.05, 0.1) is 12.3 Å². The van der Waals surface area contributed by atoms with Gasteiger partial charge in [0.1, 0.15) is 17.3 Å². The zero-order valence-corrected chi connectivity index (χ0v) is 12.7.